The summed E-state index contributed by atoms with van der Waals surface area (Å²) in [4.78, 5) is 0. The molecule has 0 saturated heterocycles. The van der Waals surface area contributed by atoms with Gasteiger partial charge in [0.15, 0.2) is 0 Å². The fourth-order valence-electron chi connectivity index (χ4n) is 1.54. The van der Waals surface area contributed by atoms with E-state index in [9.17, 15) is 0 Å². The number of benzene rings is 2. The minimum Gasteiger partial charge on any atom is -0.0576 e. The second kappa shape index (κ2) is 3.96. The minimum absolute atomic E-state index is 1.34. The molecule has 0 aliphatic heterocycles. The van der Waals surface area contributed by atoms with Crippen LogP contribution in [0.3, 0.4) is 0 Å². The van der Waals surface area contributed by atoms with E-state index in [0.29, 0.717) is 0 Å². The maximum atomic E-state index is 2.44. The van der Waals surface area contributed by atoms with E-state index in [2.05, 4.69) is 83.3 Å². The van der Waals surface area contributed by atoms with E-state index in [1.54, 1.807) is 0 Å². The van der Waals surface area contributed by atoms with Crippen molar-refractivity contribution in [3.8, 4) is 0 Å². The smallest absolute Gasteiger partial charge is 0.0248 e. The second-order valence-corrected chi connectivity index (χ2v) is 5.65. The molecule has 0 nitrogen and oxygen atoms in total. The van der Waals surface area contributed by atoms with Gasteiger partial charge in [-0.25, -0.2) is 0 Å². The lowest BCUT2D eigenvalue weighted by atomic mass is 10.1. The van der Waals surface area contributed by atoms with Crippen molar-refractivity contribution < 1.29 is 0 Å². The average molecular weight is 408 g/mol. The number of rotatable bonds is 0. The van der Waals surface area contributed by atoms with Gasteiger partial charge in [-0.05, 0) is 75.5 Å². The summed E-state index contributed by atoms with van der Waals surface area (Å²) in [5, 5.41) is 2.75. The average Bonchev–Trinajstić information content (AvgIpc) is 2.17. The van der Waals surface area contributed by atoms with E-state index in [-0.39, 0.29) is 0 Å². The van der Waals surface area contributed by atoms with E-state index in [1.807, 2.05) is 0 Å². The van der Waals surface area contributed by atoms with Crippen LogP contribution in [0.1, 0.15) is 11.1 Å². The number of hydrogen-bond acceptors (Lipinski definition) is 0. The van der Waals surface area contributed by atoms with Crippen LogP contribution in [0.2, 0.25) is 0 Å². The summed E-state index contributed by atoms with van der Waals surface area (Å²) in [7, 11) is 0. The van der Waals surface area contributed by atoms with Crippen LogP contribution in [0.5, 0.6) is 0 Å². The maximum Gasteiger partial charge on any atom is 0.0248 e. The monoisotopic (exact) mass is 408 g/mol. The lowest BCUT2D eigenvalue weighted by Crippen LogP contribution is -1.89. The zero-order chi connectivity index (χ0) is 10.3. The molecule has 0 amide bonds. The standard InChI is InChI=1S/C12H10I2/c1-7-3-5-9-6-4-8(2)12(14)10(9)11(7)13/h3-6H,1-2H3. The summed E-state index contributed by atoms with van der Waals surface area (Å²) in [6, 6.07) is 8.79. The van der Waals surface area contributed by atoms with Crippen LogP contribution in [-0.2, 0) is 0 Å². The molecule has 72 valence electrons. The van der Waals surface area contributed by atoms with Gasteiger partial charge < -0.3 is 0 Å². The van der Waals surface area contributed by atoms with Crippen molar-refractivity contribution in [2.45, 2.75) is 13.8 Å². The normalized spacial score (nSPS) is 10.9. The molecular weight excluding hydrogens is 398 g/mol. The van der Waals surface area contributed by atoms with Crippen LogP contribution in [0, 0.1) is 21.0 Å². The third-order valence-corrected chi connectivity index (χ3v) is 5.23. The largest absolute Gasteiger partial charge is 0.0576 e. The predicted molar refractivity (Wildman–Crippen MR) is 78.9 cm³/mol. The van der Waals surface area contributed by atoms with Gasteiger partial charge in [-0.1, -0.05) is 24.3 Å². The molecule has 0 N–H and O–H groups in total. The highest BCUT2D eigenvalue weighted by atomic mass is 127. The van der Waals surface area contributed by atoms with Crippen LogP contribution in [0.15, 0.2) is 24.3 Å². The van der Waals surface area contributed by atoms with Gasteiger partial charge in [-0.2, -0.15) is 0 Å². The van der Waals surface area contributed by atoms with Gasteiger partial charge >= 0.3 is 0 Å². The van der Waals surface area contributed by atoms with Gasteiger partial charge in [0.1, 0.15) is 0 Å². The third-order valence-electron chi connectivity index (χ3n) is 2.45. The Balaban J connectivity index is 2.98. The Kier molecular flexibility index (Phi) is 3.02. The topological polar surface area (TPSA) is 0 Å². The second-order valence-electron chi connectivity index (χ2n) is 3.49. The molecule has 0 saturated carbocycles. The zero-order valence-electron chi connectivity index (χ0n) is 8.07. The molecule has 0 aliphatic carbocycles. The highest BCUT2D eigenvalue weighted by molar-refractivity contribution is 14.1. The van der Waals surface area contributed by atoms with Crippen molar-refractivity contribution in [3.05, 3.63) is 42.5 Å². The lowest BCUT2D eigenvalue weighted by molar-refractivity contribution is 1.42. The fourth-order valence-corrected chi connectivity index (χ4v) is 3.58. The molecule has 2 aromatic carbocycles. The Labute approximate surface area is 111 Å². The first-order chi connectivity index (χ1) is 6.61. The van der Waals surface area contributed by atoms with Crippen LogP contribution in [-0.4, -0.2) is 0 Å². The molecule has 2 aromatic rings. The van der Waals surface area contributed by atoms with Crippen molar-refractivity contribution in [2.24, 2.45) is 0 Å². The van der Waals surface area contributed by atoms with E-state index < -0.39 is 0 Å². The fraction of sp³-hybridized carbons (Fsp3) is 0.167. The molecule has 0 aromatic heterocycles. The Hall–Kier alpha value is 0.160. The zero-order valence-corrected chi connectivity index (χ0v) is 12.4. The van der Waals surface area contributed by atoms with Crippen LogP contribution in [0.4, 0.5) is 0 Å². The maximum absolute atomic E-state index is 2.44. The molecule has 0 heterocycles. The van der Waals surface area contributed by atoms with Crippen molar-refractivity contribution in [1.29, 1.82) is 0 Å². The number of fused-ring (bicyclic) bond motifs is 1. The predicted octanol–water partition coefficient (Wildman–Crippen LogP) is 4.67. The first-order valence-corrected chi connectivity index (χ1v) is 6.61. The molecule has 0 atom stereocenters. The lowest BCUT2D eigenvalue weighted by Gasteiger charge is -2.08. The van der Waals surface area contributed by atoms with Crippen LogP contribution in [0.25, 0.3) is 10.8 Å². The molecular formula is C12H10I2. The number of aryl methyl sites for hydroxylation is 2. The Bertz CT molecular complexity index is 458. The van der Waals surface area contributed by atoms with Crippen molar-refractivity contribution >= 4 is 56.0 Å². The SMILES string of the molecule is Cc1ccc2ccc(C)c(I)c2c1I. The van der Waals surface area contributed by atoms with E-state index in [0.717, 1.165) is 0 Å². The van der Waals surface area contributed by atoms with Crippen LogP contribution >= 0.6 is 45.2 Å². The summed E-state index contributed by atoms with van der Waals surface area (Å²) >= 11 is 4.88. The van der Waals surface area contributed by atoms with Gasteiger partial charge in [-0.15, -0.1) is 0 Å². The number of hydrogen-bond donors (Lipinski definition) is 0. The first-order valence-electron chi connectivity index (χ1n) is 4.45. The summed E-state index contributed by atoms with van der Waals surface area (Å²) in [5.74, 6) is 0. The molecule has 0 fully saturated rings. The first kappa shape index (κ1) is 10.7. The van der Waals surface area contributed by atoms with Crippen molar-refractivity contribution in [2.75, 3.05) is 0 Å². The quantitative estimate of drug-likeness (QED) is 0.557. The molecule has 0 unspecified atom stereocenters. The Morgan fingerprint density at radius 3 is 1.64 bits per heavy atom. The Morgan fingerprint density at radius 2 is 1.21 bits per heavy atom. The van der Waals surface area contributed by atoms with Gasteiger partial charge in [0, 0.05) is 12.5 Å². The van der Waals surface area contributed by atoms with Crippen LogP contribution < -0.4 is 0 Å². The molecule has 2 heteroatoms. The van der Waals surface area contributed by atoms with Crippen molar-refractivity contribution in [1.82, 2.24) is 0 Å². The number of halogens is 2. The van der Waals surface area contributed by atoms with E-state index in [1.165, 1.54) is 29.0 Å². The molecule has 14 heavy (non-hydrogen) atoms. The Morgan fingerprint density at radius 1 is 0.786 bits per heavy atom. The highest BCUT2D eigenvalue weighted by Gasteiger charge is 2.06. The van der Waals surface area contributed by atoms with E-state index >= 15 is 0 Å². The molecule has 2 rings (SSSR count). The summed E-state index contributed by atoms with van der Waals surface area (Å²) in [6.07, 6.45) is 0. The van der Waals surface area contributed by atoms with Gasteiger partial charge in [0.25, 0.3) is 0 Å². The summed E-state index contributed by atoms with van der Waals surface area (Å²) in [5.41, 5.74) is 2.73. The van der Waals surface area contributed by atoms with Gasteiger partial charge in [0.05, 0.1) is 0 Å². The summed E-state index contributed by atoms with van der Waals surface area (Å²) < 4.78 is 2.77. The van der Waals surface area contributed by atoms with Crippen molar-refractivity contribution in [3.63, 3.8) is 0 Å². The highest BCUT2D eigenvalue weighted by Crippen LogP contribution is 2.29. The third kappa shape index (κ3) is 1.66. The molecule has 0 radical (unpaired) electrons. The van der Waals surface area contributed by atoms with Gasteiger partial charge in [0.2, 0.25) is 0 Å². The van der Waals surface area contributed by atoms with Gasteiger partial charge in [-0.3, -0.25) is 0 Å². The van der Waals surface area contributed by atoms with E-state index in [4.69, 9.17) is 0 Å². The minimum atomic E-state index is 1.34. The molecule has 0 spiro atoms. The summed E-state index contributed by atoms with van der Waals surface area (Å²) in [6.45, 7) is 4.33. The molecule has 0 aliphatic rings. The molecule has 0 bridgehead atoms.